The van der Waals surface area contributed by atoms with Crippen LogP contribution in [0.4, 0.5) is 0 Å². The molecule has 0 aromatic rings. The zero-order chi connectivity index (χ0) is 66.1. The molecule has 12 N–H and O–H groups in total. The van der Waals surface area contributed by atoms with Gasteiger partial charge in [0.1, 0.15) is 73.2 Å². The fourth-order valence-corrected chi connectivity index (χ4v) is 12.2. The summed E-state index contributed by atoms with van der Waals surface area (Å²) in [7, 11) is 0. The third-order valence-corrected chi connectivity index (χ3v) is 18.1. The van der Waals surface area contributed by atoms with Crippen LogP contribution in [0.1, 0.15) is 271 Å². The van der Waals surface area contributed by atoms with Crippen LogP contribution < -0.4 is 5.32 Å². The minimum absolute atomic E-state index is 0.234. The van der Waals surface area contributed by atoms with E-state index in [0.29, 0.717) is 12.8 Å². The number of allylic oxidation sites excluding steroid dienone is 7. The molecule has 17 unspecified atom stereocenters. The van der Waals surface area contributed by atoms with Crippen LogP contribution in [-0.4, -0.2) is 193 Å². The maximum absolute atomic E-state index is 13.4. The summed E-state index contributed by atoms with van der Waals surface area (Å²) in [6.07, 6.45) is 38.1. The van der Waals surface area contributed by atoms with Crippen LogP contribution in [-0.2, 0) is 33.2 Å². The van der Waals surface area contributed by atoms with Crippen molar-refractivity contribution < 1.29 is 89.4 Å². The highest BCUT2D eigenvalue weighted by Crippen LogP contribution is 2.33. The van der Waals surface area contributed by atoms with Crippen LogP contribution in [0.2, 0.25) is 0 Å². The Bertz CT molecular complexity index is 1840. The van der Waals surface area contributed by atoms with E-state index in [1.807, 2.05) is 6.08 Å². The first-order valence-corrected chi connectivity index (χ1v) is 36.4. The Hall–Kier alpha value is -2.25. The minimum atomic E-state index is -1.98. The van der Waals surface area contributed by atoms with Crippen molar-refractivity contribution in [1.29, 1.82) is 0 Å². The van der Waals surface area contributed by atoms with Gasteiger partial charge in [-0.25, -0.2) is 0 Å². The SMILES string of the molecule is CCCCCCCCC/C=C/CC/C=C/CC/C=C/C(O)C(COC1OC(CO)C(OC2OC(CO)C(OC3OC(CO)C(O)C(O)C3O)C(O)C2O)C(O)C1O)NC(=O)CCCCCCCCCCCCCCCCCCC/C=C\CCCCCCCCCC. The van der Waals surface area contributed by atoms with Gasteiger partial charge in [-0.3, -0.25) is 4.79 Å². The molecule has 3 heterocycles. The normalized spacial score (nSPS) is 28.1. The molecule has 0 radical (unpaired) electrons. The van der Waals surface area contributed by atoms with Gasteiger partial charge in [0.15, 0.2) is 18.9 Å². The predicted molar refractivity (Wildman–Crippen MR) is 356 cm³/mol. The van der Waals surface area contributed by atoms with Crippen LogP contribution in [0.3, 0.4) is 0 Å². The molecule has 0 aromatic carbocycles. The molecule has 0 aliphatic carbocycles. The Morgan fingerprint density at radius 1 is 0.385 bits per heavy atom. The summed E-state index contributed by atoms with van der Waals surface area (Å²) in [6, 6.07) is -0.996. The van der Waals surface area contributed by atoms with Gasteiger partial charge < -0.3 is 89.9 Å². The van der Waals surface area contributed by atoms with E-state index in [4.69, 9.17) is 28.4 Å². The molecule has 0 saturated carbocycles. The van der Waals surface area contributed by atoms with Gasteiger partial charge in [0, 0.05) is 6.42 Å². The van der Waals surface area contributed by atoms with Crippen molar-refractivity contribution in [1.82, 2.24) is 5.32 Å². The predicted octanol–water partition coefficient (Wildman–Crippen LogP) is 10.2. The molecule has 0 aromatic heterocycles. The van der Waals surface area contributed by atoms with Crippen molar-refractivity contribution in [2.45, 2.75) is 375 Å². The average molecular weight is 1300 g/mol. The summed E-state index contributed by atoms with van der Waals surface area (Å²) >= 11 is 0. The van der Waals surface area contributed by atoms with E-state index < -0.39 is 124 Å². The van der Waals surface area contributed by atoms with Gasteiger partial charge in [0.05, 0.1) is 38.6 Å². The van der Waals surface area contributed by atoms with Crippen molar-refractivity contribution in [2.24, 2.45) is 0 Å². The quantitative estimate of drug-likeness (QED) is 0.0199. The van der Waals surface area contributed by atoms with Crippen molar-refractivity contribution in [2.75, 3.05) is 26.4 Å². The highest BCUT2D eigenvalue weighted by atomic mass is 16.8. The Balaban J connectivity index is 1.40. The van der Waals surface area contributed by atoms with Gasteiger partial charge in [0.25, 0.3) is 0 Å². The number of carbonyl (C=O) groups excluding carboxylic acids is 1. The molecule has 1 amide bonds. The first-order chi connectivity index (χ1) is 44.3. The van der Waals surface area contributed by atoms with E-state index in [0.717, 1.165) is 44.9 Å². The van der Waals surface area contributed by atoms with E-state index in [-0.39, 0.29) is 18.9 Å². The molecule has 3 aliphatic heterocycles. The Morgan fingerprint density at radius 2 is 0.703 bits per heavy atom. The van der Waals surface area contributed by atoms with Crippen molar-refractivity contribution in [3.8, 4) is 0 Å². The van der Waals surface area contributed by atoms with Gasteiger partial charge in [-0.1, -0.05) is 242 Å². The molecule has 0 spiro atoms. The first kappa shape index (κ1) is 83.0. The largest absolute Gasteiger partial charge is 0.394 e. The second kappa shape index (κ2) is 53.8. The molecule has 91 heavy (non-hydrogen) atoms. The van der Waals surface area contributed by atoms with Gasteiger partial charge >= 0.3 is 0 Å². The topological polar surface area (TPSA) is 307 Å². The molecule has 19 heteroatoms. The molecular formula is C72H131NO18. The summed E-state index contributed by atoms with van der Waals surface area (Å²) < 4.78 is 34.3. The van der Waals surface area contributed by atoms with E-state index in [2.05, 4.69) is 55.6 Å². The average Bonchev–Trinajstić information content (AvgIpc) is 0.885. The van der Waals surface area contributed by atoms with Crippen LogP contribution >= 0.6 is 0 Å². The fraction of sp³-hybridized carbons (Fsp3) is 0.875. The lowest BCUT2D eigenvalue weighted by molar-refractivity contribution is -0.379. The van der Waals surface area contributed by atoms with Crippen LogP contribution in [0.15, 0.2) is 48.6 Å². The number of ether oxygens (including phenoxy) is 6. The third kappa shape index (κ3) is 35.5. The Labute approximate surface area is 548 Å². The Kier molecular flexibility index (Phi) is 49.1. The number of nitrogens with one attached hydrogen (secondary N) is 1. The van der Waals surface area contributed by atoms with E-state index in [1.165, 1.54) is 193 Å². The number of hydrogen-bond acceptors (Lipinski definition) is 18. The monoisotopic (exact) mass is 1300 g/mol. The van der Waals surface area contributed by atoms with Gasteiger partial charge in [-0.15, -0.1) is 0 Å². The van der Waals surface area contributed by atoms with Gasteiger partial charge in [0.2, 0.25) is 5.91 Å². The maximum Gasteiger partial charge on any atom is 0.220 e. The molecule has 3 aliphatic rings. The van der Waals surface area contributed by atoms with E-state index in [9.17, 15) is 61.0 Å². The van der Waals surface area contributed by atoms with Crippen LogP contribution in [0.5, 0.6) is 0 Å². The second-order valence-electron chi connectivity index (χ2n) is 26.0. The number of rotatable bonds is 56. The van der Waals surface area contributed by atoms with Crippen molar-refractivity contribution >= 4 is 5.91 Å². The minimum Gasteiger partial charge on any atom is -0.394 e. The molecule has 532 valence electrons. The second-order valence-corrected chi connectivity index (χ2v) is 26.0. The zero-order valence-electron chi connectivity index (χ0n) is 56.3. The number of aliphatic hydroxyl groups excluding tert-OH is 11. The van der Waals surface area contributed by atoms with E-state index in [1.54, 1.807) is 6.08 Å². The lowest BCUT2D eigenvalue weighted by Crippen LogP contribution is -2.66. The molecule has 17 atom stereocenters. The summed E-state index contributed by atoms with van der Waals surface area (Å²) in [4.78, 5) is 13.4. The maximum atomic E-state index is 13.4. The standard InChI is InChI=1S/C72H131NO18/c1-3-5-7-9-11-13-15-17-19-21-22-23-24-25-26-27-28-29-30-31-32-34-36-38-40-42-44-46-48-50-60(78)73-55(56(77)49-47-45-43-41-39-37-35-33-20-18-16-14-12-10-8-6-4-2)54-86-70-66(84)63(81)68(58(52-75)88-70)91-72-67(85)64(82)69(59(53-76)89-72)90-71-65(83)62(80)61(79)57(51-74)87-71/h20-22,33,39,41,47,49,55-59,61-72,74-77,79-85H,3-19,23-32,34-38,40,42-46,48,50-54H2,1-2H3,(H,73,78)/b22-21-,33-20+,41-39+,49-47+. The molecular weight excluding hydrogens is 1170 g/mol. The fourth-order valence-electron chi connectivity index (χ4n) is 12.2. The highest BCUT2D eigenvalue weighted by Gasteiger charge is 2.53. The summed E-state index contributed by atoms with van der Waals surface area (Å²) in [6.45, 7) is 1.72. The molecule has 19 nitrogen and oxygen atoms in total. The summed E-state index contributed by atoms with van der Waals surface area (Å²) in [5, 5.41) is 121. The summed E-state index contributed by atoms with van der Waals surface area (Å²) in [5.41, 5.74) is 0. The lowest BCUT2D eigenvalue weighted by atomic mass is 9.96. The molecule has 3 rings (SSSR count). The molecule has 0 bridgehead atoms. The number of amides is 1. The van der Waals surface area contributed by atoms with Gasteiger partial charge in [-0.2, -0.15) is 0 Å². The van der Waals surface area contributed by atoms with Crippen LogP contribution in [0.25, 0.3) is 0 Å². The molecule has 3 saturated heterocycles. The number of unbranched alkanes of at least 4 members (excludes halogenated alkanes) is 34. The van der Waals surface area contributed by atoms with Crippen LogP contribution in [0, 0.1) is 0 Å². The lowest BCUT2D eigenvalue weighted by Gasteiger charge is -2.48. The smallest absolute Gasteiger partial charge is 0.220 e. The third-order valence-electron chi connectivity index (χ3n) is 18.1. The van der Waals surface area contributed by atoms with Crippen molar-refractivity contribution in [3.63, 3.8) is 0 Å². The number of carbonyl (C=O) groups is 1. The number of hydrogen-bond donors (Lipinski definition) is 12. The zero-order valence-corrected chi connectivity index (χ0v) is 56.3. The summed E-state index contributed by atoms with van der Waals surface area (Å²) in [5.74, 6) is -0.287. The Morgan fingerprint density at radius 3 is 1.10 bits per heavy atom. The van der Waals surface area contributed by atoms with Crippen molar-refractivity contribution in [3.05, 3.63) is 48.6 Å². The first-order valence-electron chi connectivity index (χ1n) is 36.4. The molecule has 3 fully saturated rings. The highest BCUT2D eigenvalue weighted by molar-refractivity contribution is 5.76. The van der Waals surface area contributed by atoms with Gasteiger partial charge in [-0.05, 0) is 70.6 Å². The number of aliphatic hydroxyl groups is 11. The van der Waals surface area contributed by atoms with E-state index >= 15 is 0 Å².